The molecule has 0 saturated heterocycles. The van der Waals surface area contributed by atoms with Crippen LogP contribution in [0, 0.1) is 18.3 Å². The predicted molar refractivity (Wildman–Crippen MR) is 107 cm³/mol. The van der Waals surface area contributed by atoms with Gasteiger partial charge in [-0.15, -0.1) is 13.2 Å². The minimum Gasteiger partial charge on any atom is -0.328 e. The van der Waals surface area contributed by atoms with Gasteiger partial charge in [0, 0.05) is 12.2 Å². The first-order valence-corrected chi connectivity index (χ1v) is 9.15. The number of halogens is 3. The molecule has 0 fully saturated rings. The van der Waals surface area contributed by atoms with Crippen LogP contribution in [0.5, 0.6) is 0 Å². The summed E-state index contributed by atoms with van der Waals surface area (Å²) in [5, 5.41) is 13.1. The molecule has 8 nitrogen and oxygen atoms in total. The van der Waals surface area contributed by atoms with E-state index < -0.39 is 28.8 Å². The van der Waals surface area contributed by atoms with Crippen LogP contribution < -0.4 is 17.0 Å². The van der Waals surface area contributed by atoms with E-state index >= 15 is 0 Å². The maximum atomic E-state index is 13.8. The molecule has 2 heterocycles. The van der Waals surface area contributed by atoms with Crippen molar-refractivity contribution in [2.24, 2.45) is 5.73 Å². The van der Waals surface area contributed by atoms with E-state index in [0.29, 0.717) is 15.8 Å². The molecule has 1 aromatic carbocycles. The van der Waals surface area contributed by atoms with Gasteiger partial charge in [0.15, 0.2) is 0 Å². The number of benzene rings is 1. The fourth-order valence-electron chi connectivity index (χ4n) is 3.30. The first-order chi connectivity index (χ1) is 14.4. The van der Waals surface area contributed by atoms with Crippen LogP contribution in [-0.4, -0.2) is 25.5 Å². The summed E-state index contributed by atoms with van der Waals surface area (Å²) < 4.78 is 42.9. The van der Waals surface area contributed by atoms with Crippen molar-refractivity contribution in [3.8, 4) is 23.0 Å². The van der Waals surface area contributed by atoms with Gasteiger partial charge in [-0.25, -0.2) is 14.0 Å². The number of hydrogen-bond acceptors (Lipinski definition) is 5. The van der Waals surface area contributed by atoms with E-state index in [9.17, 15) is 22.8 Å². The Hall–Kier alpha value is -3.65. The molecule has 0 aliphatic rings. The monoisotopic (exact) mass is 432 g/mol. The molecular formula is C20H19F3N6O2. The first kappa shape index (κ1) is 22.0. The Morgan fingerprint density at radius 3 is 2.23 bits per heavy atom. The van der Waals surface area contributed by atoms with Gasteiger partial charge in [0.2, 0.25) is 0 Å². The molecule has 31 heavy (non-hydrogen) atoms. The quantitative estimate of drug-likeness (QED) is 0.680. The van der Waals surface area contributed by atoms with E-state index in [2.05, 4.69) is 5.10 Å². The maximum Gasteiger partial charge on any atom is 0.492 e. The SMILES string of the molecule is Cc1c(-c2ccnn2-c2ccc(C#N)cc2)c(=O)n(C(C)(C)CN)c(=O)n1C(F)(F)F. The fourth-order valence-corrected chi connectivity index (χ4v) is 3.30. The number of hydrogen-bond donors (Lipinski definition) is 1. The van der Waals surface area contributed by atoms with E-state index in [4.69, 9.17) is 11.0 Å². The Labute approximate surface area is 174 Å². The van der Waals surface area contributed by atoms with Gasteiger partial charge in [-0.1, -0.05) is 0 Å². The summed E-state index contributed by atoms with van der Waals surface area (Å²) in [4.78, 5) is 26.0. The number of nitrogens with two attached hydrogens (primary N) is 1. The van der Waals surface area contributed by atoms with Crippen molar-refractivity contribution < 1.29 is 13.2 Å². The molecule has 0 unspecified atom stereocenters. The Morgan fingerprint density at radius 2 is 1.71 bits per heavy atom. The third-order valence-electron chi connectivity index (χ3n) is 4.99. The zero-order chi connectivity index (χ0) is 23.1. The van der Waals surface area contributed by atoms with E-state index in [1.807, 2.05) is 6.07 Å². The second-order valence-electron chi connectivity index (χ2n) is 7.49. The van der Waals surface area contributed by atoms with E-state index in [0.717, 1.165) is 6.92 Å². The van der Waals surface area contributed by atoms with Crippen LogP contribution in [0.3, 0.4) is 0 Å². The van der Waals surface area contributed by atoms with Crippen molar-refractivity contribution in [3.63, 3.8) is 0 Å². The zero-order valence-corrected chi connectivity index (χ0v) is 16.9. The van der Waals surface area contributed by atoms with Crippen LogP contribution in [0.25, 0.3) is 16.9 Å². The lowest BCUT2D eigenvalue weighted by Crippen LogP contribution is -2.54. The molecule has 0 radical (unpaired) electrons. The highest BCUT2D eigenvalue weighted by Gasteiger charge is 2.39. The van der Waals surface area contributed by atoms with Crippen molar-refractivity contribution in [3.05, 3.63) is 68.6 Å². The van der Waals surface area contributed by atoms with E-state index in [1.54, 1.807) is 12.1 Å². The molecule has 3 aromatic rings. The van der Waals surface area contributed by atoms with Crippen LogP contribution in [0.4, 0.5) is 13.2 Å². The van der Waals surface area contributed by atoms with Crippen LogP contribution in [0.15, 0.2) is 46.1 Å². The molecule has 0 aliphatic carbocycles. The first-order valence-electron chi connectivity index (χ1n) is 9.15. The van der Waals surface area contributed by atoms with Crippen molar-refractivity contribution in [1.82, 2.24) is 18.9 Å². The average Bonchev–Trinajstić information content (AvgIpc) is 3.15. The molecule has 3 rings (SSSR count). The van der Waals surface area contributed by atoms with Crippen molar-refractivity contribution >= 4 is 0 Å². The van der Waals surface area contributed by atoms with Gasteiger partial charge in [-0.2, -0.15) is 10.4 Å². The third-order valence-corrected chi connectivity index (χ3v) is 4.99. The normalized spacial score (nSPS) is 12.1. The summed E-state index contributed by atoms with van der Waals surface area (Å²) in [5.74, 6) is 0. The van der Waals surface area contributed by atoms with Gasteiger partial charge < -0.3 is 5.73 Å². The van der Waals surface area contributed by atoms with Gasteiger partial charge in [0.05, 0.1) is 40.3 Å². The molecule has 2 aromatic heterocycles. The highest BCUT2D eigenvalue weighted by Crippen LogP contribution is 2.28. The second kappa shape index (κ2) is 7.55. The van der Waals surface area contributed by atoms with Gasteiger partial charge in [-0.05, 0) is 51.1 Å². The highest BCUT2D eigenvalue weighted by molar-refractivity contribution is 5.63. The van der Waals surface area contributed by atoms with Gasteiger partial charge in [0.25, 0.3) is 5.56 Å². The second-order valence-corrected chi connectivity index (χ2v) is 7.49. The fraction of sp³-hybridized carbons (Fsp3) is 0.300. The molecular weight excluding hydrogens is 413 g/mol. The molecule has 2 N–H and O–H groups in total. The maximum absolute atomic E-state index is 13.8. The van der Waals surface area contributed by atoms with Crippen LogP contribution in [0.1, 0.15) is 25.1 Å². The molecule has 0 atom stereocenters. The Bertz CT molecular complexity index is 1290. The molecule has 0 spiro atoms. The van der Waals surface area contributed by atoms with Crippen LogP contribution in [-0.2, 0) is 11.8 Å². The molecule has 0 saturated carbocycles. The summed E-state index contributed by atoms with van der Waals surface area (Å²) in [6.45, 7) is 3.64. The highest BCUT2D eigenvalue weighted by atomic mass is 19.4. The lowest BCUT2D eigenvalue weighted by atomic mass is 10.0. The van der Waals surface area contributed by atoms with Gasteiger partial charge in [-0.3, -0.25) is 9.36 Å². The van der Waals surface area contributed by atoms with Crippen LogP contribution in [0.2, 0.25) is 0 Å². The number of alkyl halides is 3. The molecule has 0 aliphatic heterocycles. The molecule has 162 valence electrons. The van der Waals surface area contributed by atoms with Crippen molar-refractivity contribution in [2.75, 3.05) is 6.54 Å². The number of nitrogens with zero attached hydrogens (tertiary/aromatic N) is 5. The number of nitriles is 1. The topological polar surface area (TPSA) is 112 Å². The number of aromatic nitrogens is 4. The minimum absolute atomic E-state index is 0.0618. The standard InChI is InChI=1S/C20H19F3N6O2/c1-12-16(15-8-9-26-29(15)14-6-4-13(10-24)5-7-14)17(30)28(19(2,3)11-25)18(31)27(12)20(21,22)23/h4-9H,11,25H2,1-3H3. The van der Waals surface area contributed by atoms with Gasteiger partial charge in [0.1, 0.15) is 0 Å². The summed E-state index contributed by atoms with van der Waals surface area (Å²) in [6.07, 6.45) is -3.73. The lowest BCUT2D eigenvalue weighted by Gasteiger charge is -2.28. The van der Waals surface area contributed by atoms with Gasteiger partial charge >= 0.3 is 12.0 Å². The van der Waals surface area contributed by atoms with Crippen LogP contribution >= 0.6 is 0 Å². The third kappa shape index (κ3) is 3.66. The smallest absolute Gasteiger partial charge is 0.328 e. The molecule has 0 bridgehead atoms. The van der Waals surface area contributed by atoms with Crippen molar-refractivity contribution in [2.45, 2.75) is 32.6 Å². The minimum atomic E-state index is -5.06. The largest absolute Gasteiger partial charge is 0.492 e. The summed E-state index contributed by atoms with van der Waals surface area (Å²) in [6, 6.07) is 9.47. The zero-order valence-electron chi connectivity index (χ0n) is 16.9. The Morgan fingerprint density at radius 1 is 1.10 bits per heavy atom. The summed E-state index contributed by atoms with van der Waals surface area (Å²) in [5.41, 5.74) is 1.83. The average molecular weight is 432 g/mol. The van der Waals surface area contributed by atoms with E-state index in [-0.39, 0.29) is 22.4 Å². The Kier molecular flexibility index (Phi) is 5.37. The summed E-state index contributed by atoms with van der Waals surface area (Å²) >= 11 is 0. The summed E-state index contributed by atoms with van der Waals surface area (Å²) in [7, 11) is 0. The van der Waals surface area contributed by atoms with E-state index in [1.165, 1.54) is 42.9 Å². The molecule has 0 amide bonds. The van der Waals surface area contributed by atoms with Crippen molar-refractivity contribution in [1.29, 1.82) is 5.26 Å². The Balaban J connectivity index is 2.42. The number of rotatable bonds is 4. The molecule has 11 heteroatoms. The lowest BCUT2D eigenvalue weighted by molar-refractivity contribution is -0.209. The predicted octanol–water partition coefficient (Wildman–Crippen LogP) is 2.21.